The van der Waals surface area contributed by atoms with Gasteiger partial charge in [-0.05, 0) is 37.1 Å². The summed E-state index contributed by atoms with van der Waals surface area (Å²) in [4.78, 5) is 27.1. The standard InChI is InChI=1S/C20H19N3O3/c1-12-16(13(2)26-22-12)11-23-18(24)20(3,21-19(23)25)17-10-6-8-14-7-4-5-9-15(14)17/h4-10H,11H2,1-3H3,(H,21,25)/t20-/m0/s1. The maximum Gasteiger partial charge on any atom is 0.325 e. The third-order valence-corrected chi connectivity index (χ3v) is 5.10. The molecule has 0 spiro atoms. The van der Waals surface area contributed by atoms with Gasteiger partial charge in [-0.15, -0.1) is 0 Å². The van der Waals surface area contributed by atoms with Gasteiger partial charge in [0.1, 0.15) is 11.3 Å². The van der Waals surface area contributed by atoms with Crippen LogP contribution in [-0.4, -0.2) is 22.0 Å². The van der Waals surface area contributed by atoms with Crippen LogP contribution in [0.3, 0.4) is 0 Å². The second-order valence-corrected chi connectivity index (χ2v) is 6.78. The van der Waals surface area contributed by atoms with E-state index in [1.807, 2.05) is 42.5 Å². The van der Waals surface area contributed by atoms with Gasteiger partial charge in [0.2, 0.25) is 0 Å². The fourth-order valence-corrected chi connectivity index (χ4v) is 3.57. The Balaban J connectivity index is 1.76. The number of hydrogen-bond acceptors (Lipinski definition) is 4. The van der Waals surface area contributed by atoms with Gasteiger partial charge < -0.3 is 9.84 Å². The summed E-state index contributed by atoms with van der Waals surface area (Å²) in [5.74, 6) is 0.334. The zero-order valence-electron chi connectivity index (χ0n) is 14.9. The fourth-order valence-electron chi connectivity index (χ4n) is 3.57. The molecule has 1 aliphatic rings. The average molecular weight is 349 g/mol. The molecular weight excluding hydrogens is 330 g/mol. The minimum Gasteiger partial charge on any atom is -0.361 e. The van der Waals surface area contributed by atoms with Crippen molar-refractivity contribution in [2.45, 2.75) is 32.9 Å². The molecule has 2 heterocycles. The number of benzene rings is 2. The minimum absolute atomic E-state index is 0.145. The van der Waals surface area contributed by atoms with Crippen molar-refractivity contribution in [2.75, 3.05) is 0 Å². The van der Waals surface area contributed by atoms with E-state index in [-0.39, 0.29) is 12.5 Å². The molecule has 3 amide bonds. The molecule has 3 aromatic rings. The lowest BCUT2D eigenvalue weighted by Crippen LogP contribution is -2.41. The van der Waals surface area contributed by atoms with E-state index in [0.29, 0.717) is 11.5 Å². The lowest BCUT2D eigenvalue weighted by atomic mass is 9.87. The van der Waals surface area contributed by atoms with Gasteiger partial charge >= 0.3 is 6.03 Å². The van der Waals surface area contributed by atoms with Gasteiger partial charge in [-0.25, -0.2) is 4.79 Å². The maximum absolute atomic E-state index is 13.2. The van der Waals surface area contributed by atoms with Gasteiger partial charge in [0.05, 0.1) is 12.2 Å². The third kappa shape index (κ3) is 2.29. The third-order valence-electron chi connectivity index (χ3n) is 5.10. The van der Waals surface area contributed by atoms with Crippen molar-refractivity contribution in [3.05, 3.63) is 65.0 Å². The summed E-state index contributed by atoms with van der Waals surface area (Å²) in [6.07, 6.45) is 0. The summed E-state index contributed by atoms with van der Waals surface area (Å²) in [6.45, 7) is 5.47. The van der Waals surface area contributed by atoms with E-state index >= 15 is 0 Å². The highest BCUT2D eigenvalue weighted by Gasteiger charge is 2.49. The summed E-state index contributed by atoms with van der Waals surface area (Å²) in [6, 6.07) is 13.2. The van der Waals surface area contributed by atoms with Crippen molar-refractivity contribution in [1.82, 2.24) is 15.4 Å². The molecule has 1 saturated heterocycles. The summed E-state index contributed by atoms with van der Waals surface area (Å²) >= 11 is 0. The summed E-state index contributed by atoms with van der Waals surface area (Å²) < 4.78 is 5.15. The van der Waals surface area contributed by atoms with Crippen LogP contribution in [0.4, 0.5) is 4.79 Å². The van der Waals surface area contributed by atoms with Gasteiger partial charge in [-0.3, -0.25) is 9.69 Å². The van der Waals surface area contributed by atoms with Crippen LogP contribution >= 0.6 is 0 Å². The first-order chi connectivity index (χ1) is 12.4. The smallest absolute Gasteiger partial charge is 0.325 e. The normalized spacial score (nSPS) is 20.0. The van der Waals surface area contributed by atoms with E-state index in [9.17, 15) is 9.59 Å². The molecule has 6 heteroatoms. The Morgan fingerprint density at radius 3 is 2.58 bits per heavy atom. The minimum atomic E-state index is -1.11. The van der Waals surface area contributed by atoms with Crippen molar-refractivity contribution in [3.8, 4) is 0 Å². The highest BCUT2D eigenvalue weighted by Crippen LogP contribution is 2.34. The van der Waals surface area contributed by atoms with Crippen molar-refractivity contribution >= 4 is 22.7 Å². The molecule has 0 unspecified atom stereocenters. The van der Waals surface area contributed by atoms with E-state index < -0.39 is 11.6 Å². The molecule has 0 aliphatic carbocycles. The van der Waals surface area contributed by atoms with E-state index in [4.69, 9.17) is 4.52 Å². The number of fused-ring (bicyclic) bond motifs is 1. The highest BCUT2D eigenvalue weighted by molar-refractivity contribution is 6.09. The number of carbonyl (C=O) groups excluding carboxylic acids is 2. The Morgan fingerprint density at radius 2 is 1.85 bits per heavy atom. The lowest BCUT2D eigenvalue weighted by Gasteiger charge is -2.24. The second kappa shape index (κ2) is 5.69. The Labute approximate surface area is 150 Å². The van der Waals surface area contributed by atoms with Gasteiger partial charge in [0, 0.05) is 5.56 Å². The Kier molecular flexibility index (Phi) is 3.57. The van der Waals surface area contributed by atoms with E-state index in [1.54, 1.807) is 20.8 Å². The number of imide groups is 1. The van der Waals surface area contributed by atoms with E-state index in [0.717, 1.165) is 21.9 Å². The predicted octanol–water partition coefficient (Wildman–Crippen LogP) is 3.41. The number of amides is 3. The Morgan fingerprint density at radius 1 is 1.12 bits per heavy atom. The molecule has 1 aromatic heterocycles. The van der Waals surface area contributed by atoms with Crippen molar-refractivity contribution < 1.29 is 14.1 Å². The first-order valence-corrected chi connectivity index (χ1v) is 8.46. The van der Waals surface area contributed by atoms with Gasteiger partial charge in [0.25, 0.3) is 5.91 Å². The molecule has 1 N–H and O–H groups in total. The predicted molar refractivity (Wildman–Crippen MR) is 96.4 cm³/mol. The van der Waals surface area contributed by atoms with Crippen LogP contribution in [0.1, 0.15) is 29.5 Å². The number of aryl methyl sites for hydroxylation is 2. The molecule has 2 aromatic carbocycles. The number of hydrogen-bond donors (Lipinski definition) is 1. The zero-order valence-corrected chi connectivity index (χ0v) is 14.9. The molecule has 0 radical (unpaired) electrons. The monoisotopic (exact) mass is 349 g/mol. The molecule has 132 valence electrons. The molecule has 0 bridgehead atoms. The topological polar surface area (TPSA) is 75.4 Å². The van der Waals surface area contributed by atoms with Crippen LogP contribution in [0, 0.1) is 13.8 Å². The number of nitrogens with zero attached hydrogens (tertiary/aromatic N) is 2. The number of urea groups is 1. The summed E-state index contributed by atoms with van der Waals surface area (Å²) in [5.41, 5.74) is 1.12. The fraction of sp³-hybridized carbons (Fsp3) is 0.250. The van der Waals surface area contributed by atoms with Gasteiger partial charge in [0.15, 0.2) is 0 Å². The van der Waals surface area contributed by atoms with Crippen molar-refractivity contribution in [3.63, 3.8) is 0 Å². The number of aromatic nitrogens is 1. The van der Waals surface area contributed by atoms with E-state index in [1.165, 1.54) is 4.90 Å². The van der Waals surface area contributed by atoms with Gasteiger partial charge in [-0.2, -0.15) is 0 Å². The molecular formula is C20H19N3O3. The number of carbonyl (C=O) groups is 2. The Hall–Kier alpha value is -3.15. The molecule has 4 rings (SSSR count). The first-order valence-electron chi connectivity index (χ1n) is 8.46. The summed E-state index contributed by atoms with van der Waals surface area (Å²) in [7, 11) is 0. The Bertz CT molecular complexity index is 1010. The summed E-state index contributed by atoms with van der Waals surface area (Å²) in [5, 5.41) is 8.75. The van der Waals surface area contributed by atoms with Crippen LogP contribution in [0.15, 0.2) is 47.0 Å². The van der Waals surface area contributed by atoms with Crippen molar-refractivity contribution in [1.29, 1.82) is 0 Å². The van der Waals surface area contributed by atoms with Crippen LogP contribution in [0.5, 0.6) is 0 Å². The van der Waals surface area contributed by atoms with Crippen LogP contribution in [0.2, 0.25) is 0 Å². The second-order valence-electron chi connectivity index (χ2n) is 6.78. The zero-order chi connectivity index (χ0) is 18.5. The van der Waals surface area contributed by atoms with Crippen LogP contribution in [0.25, 0.3) is 10.8 Å². The molecule has 26 heavy (non-hydrogen) atoms. The largest absolute Gasteiger partial charge is 0.361 e. The first kappa shape index (κ1) is 16.3. The molecule has 1 aliphatic heterocycles. The molecule has 1 fully saturated rings. The number of nitrogens with one attached hydrogen (secondary N) is 1. The quantitative estimate of drug-likeness (QED) is 0.735. The molecule has 1 atom stereocenters. The van der Waals surface area contributed by atoms with Gasteiger partial charge in [-0.1, -0.05) is 47.6 Å². The SMILES string of the molecule is Cc1noc(C)c1CN1C(=O)N[C@@](C)(c2cccc3ccccc23)C1=O. The lowest BCUT2D eigenvalue weighted by molar-refractivity contribution is -0.131. The molecule has 0 saturated carbocycles. The van der Waals surface area contributed by atoms with Crippen LogP contribution < -0.4 is 5.32 Å². The van der Waals surface area contributed by atoms with Crippen molar-refractivity contribution in [2.24, 2.45) is 0 Å². The van der Waals surface area contributed by atoms with E-state index in [2.05, 4.69) is 10.5 Å². The highest BCUT2D eigenvalue weighted by atomic mass is 16.5. The molecule has 6 nitrogen and oxygen atoms in total. The number of rotatable bonds is 3. The van der Waals surface area contributed by atoms with Crippen LogP contribution in [-0.2, 0) is 16.9 Å². The maximum atomic E-state index is 13.2. The average Bonchev–Trinajstić information content (AvgIpc) is 3.06.